The molecule has 3 N–H and O–H groups in total. The molecule has 1 fully saturated rings. The molecule has 0 spiro atoms. The molecule has 20 heavy (non-hydrogen) atoms. The van der Waals surface area contributed by atoms with Crippen molar-refractivity contribution >= 4 is 11.6 Å². The number of halogens is 1. The van der Waals surface area contributed by atoms with Crippen LogP contribution >= 0.6 is 11.6 Å². The molecule has 2 rings (SSSR count). The minimum atomic E-state index is -0.279. The maximum atomic E-state index is 6.34. The normalized spacial score (nSPS) is 20.0. The van der Waals surface area contributed by atoms with Gasteiger partial charge >= 0.3 is 0 Å². The number of nitrogens with two attached hydrogens (primary N) is 1. The van der Waals surface area contributed by atoms with E-state index in [4.69, 9.17) is 22.2 Å². The van der Waals surface area contributed by atoms with Crippen molar-refractivity contribution in [3.05, 3.63) is 16.9 Å². The van der Waals surface area contributed by atoms with Crippen LogP contribution in [0.1, 0.15) is 57.7 Å². The van der Waals surface area contributed by atoms with Crippen molar-refractivity contribution in [3.8, 4) is 0 Å². The number of aromatic nitrogens is 2. The van der Waals surface area contributed by atoms with Crippen molar-refractivity contribution in [2.24, 2.45) is 5.84 Å². The van der Waals surface area contributed by atoms with Crippen LogP contribution in [0.15, 0.2) is 6.20 Å². The van der Waals surface area contributed by atoms with E-state index in [1.54, 1.807) is 6.20 Å². The van der Waals surface area contributed by atoms with Crippen molar-refractivity contribution in [2.45, 2.75) is 64.1 Å². The Morgan fingerprint density at radius 1 is 1.45 bits per heavy atom. The SMILES string of the molecule is CCOC1(C(NN)c2c(Cl)cnn2CC)CCCCC1. The molecule has 0 amide bonds. The molecule has 0 saturated heterocycles. The van der Waals surface area contributed by atoms with Gasteiger partial charge < -0.3 is 4.74 Å². The molecule has 1 saturated carbocycles. The first-order valence-corrected chi connectivity index (χ1v) is 7.87. The van der Waals surface area contributed by atoms with Crippen molar-refractivity contribution < 1.29 is 4.74 Å². The molecule has 1 heterocycles. The largest absolute Gasteiger partial charge is 0.373 e. The Morgan fingerprint density at radius 3 is 2.70 bits per heavy atom. The molecule has 1 aromatic heterocycles. The van der Waals surface area contributed by atoms with Crippen LogP contribution in [0.2, 0.25) is 5.02 Å². The van der Waals surface area contributed by atoms with E-state index in [-0.39, 0.29) is 11.6 Å². The molecule has 0 aromatic carbocycles. The lowest BCUT2D eigenvalue weighted by Crippen LogP contribution is -2.50. The summed E-state index contributed by atoms with van der Waals surface area (Å²) in [6, 6.07) is -0.127. The predicted octanol–water partition coefficient (Wildman–Crippen LogP) is 2.80. The lowest BCUT2D eigenvalue weighted by molar-refractivity contribution is -0.0929. The first-order chi connectivity index (χ1) is 9.68. The average molecular weight is 301 g/mol. The molecule has 1 aliphatic carbocycles. The van der Waals surface area contributed by atoms with Crippen LogP contribution in [-0.2, 0) is 11.3 Å². The zero-order valence-electron chi connectivity index (χ0n) is 12.4. The van der Waals surface area contributed by atoms with Crippen molar-refractivity contribution in [2.75, 3.05) is 6.61 Å². The maximum absolute atomic E-state index is 6.34. The van der Waals surface area contributed by atoms with Gasteiger partial charge in [-0.2, -0.15) is 5.10 Å². The van der Waals surface area contributed by atoms with Crippen molar-refractivity contribution in [1.82, 2.24) is 15.2 Å². The number of nitrogens with one attached hydrogen (secondary N) is 1. The lowest BCUT2D eigenvalue weighted by Gasteiger charge is -2.43. The number of ether oxygens (including phenoxy) is 1. The predicted molar refractivity (Wildman–Crippen MR) is 80.4 cm³/mol. The van der Waals surface area contributed by atoms with Crippen LogP contribution in [0.3, 0.4) is 0 Å². The van der Waals surface area contributed by atoms with Gasteiger partial charge in [0.15, 0.2) is 0 Å². The van der Waals surface area contributed by atoms with E-state index in [9.17, 15) is 0 Å². The van der Waals surface area contributed by atoms with E-state index in [0.29, 0.717) is 11.6 Å². The molecule has 0 bridgehead atoms. The van der Waals surface area contributed by atoms with Crippen LogP contribution in [0, 0.1) is 0 Å². The fraction of sp³-hybridized carbons (Fsp3) is 0.786. The van der Waals surface area contributed by atoms with E-state index in [2.05, 4.69) is 17.4 Å². The summed E-state index contributed by atoms with van der Waals surface area (Å²) in [6.45, 7) is 5.52. The molecule has 1 aromatic rings. The van der Waals surface area contributed by atoms with E-state index in [1.807, 2.05) is 11.6 Å². The molecule has 5 nitrogen and oxygen atoms in total. The van der Waals surface area contributed by atoms with Crippen LogP contribution in [0.4, 0.5) is 0 Å². The molecule has 114 valence electrons. The van der Waals surface area contributed by atoms with Gasteiger partial charge in [0.05, 0.1) is 28.6 Å². The van der Waals surface area contributed by atoms with Gasteiger partial charge in [0, 0.05) is 13.2 Å². The summed E-state index contributed by atoms with van der Waals surface area (Å²) >= 11 is 6.34. The summed E-state index contributed by atoms with van der Waals surface area (Å²) in [5.41, 5.74) is 3.60. The maximum Gasteiger partial charge on any atom is 0.0933 e. The second kappa shape index (κ2) is 6.89. The van der Waals surface area contributed by atoms with Gasteiger partial charge in [0.2, 0.25) is 0 Å². The first-order valence-electron chi connectivity index (χ1n) is 7.49. The Bertz CT molecular complexity index is 423. The molecule has 0 aliphatic heterocycles. The highest BCUT2D eigenvalue weighted by atomic mass is 35.5. The summed E-state index contributed by atoms with van der Waals surface area (Å²) in [4.78, 5) is 0. The first kappa shape index (κ1) is 15.8. The third-order valence-electron chi connectivity index (χ3n) is 4.23. The highest BCUT2D eigenvalue weighted by Crippen LogP contribution is 2.42. The molecule has 6 heteroatoms. The third-order valence-corrected chi connectivity index (χ3v) is 4.52. The van der Waals surface area contributed by atoms with Gasteiger partial charge in [-0.3, -0.25) is 10.5 Å². The van der Waals surface area contributed by atoms with Crippen LogP contribution in [0.25, 0.3) is 0 Å². The monoisotopic (exact) mass is 300 g/mol. The van der Waals surface area contributed by atoms with Gasteiger partial charge in [-0.15, -0.1) is 0 Å². The Balaban J connectivity index is 2.39. The van der Waals surface area contributed by atoms with Crippen LogP contribution in [0.5, 0.6) is 0 Å². The number of hydrogen-bond acceptors (Lipinski definition) is 4. The zero-order valence-corrected chi connectivity index (χ0v) is 13.1. The van der Waals surface area contributed by atoms with Crippen molar-refractivity contribution in [1.29, 1.82) is 0 Å². The summed E-state index contributed by atoms with van der Waals surface area (Å²) in [5.74, 6) is 5.87. The summed E-state index contributed by atoms with van der Waals surface area (Å²) in [5, 5.41) is 4.98. The number of aryl methyl sites for hydroxylation is 1. The van der Waals surface area contributed by atoms with E-state index in [0.717, 1.165) is 37.9 Å². The Kier molecular flexibility index (Phi) is 5.43. The van der Waals surface area contributed by atoms with Crippen LogP contribution < -0.4 is 11.3 Å². The fourth-order valence-electron chi connectivity index (χ4n) is 3.34. The molecular formula is C14H25ClN4O. The summed E-state index contributed by atoms with van der Waals surface area (Å²) in [7, 11) is 0. The lowest BCUT2D eigenvalue weighted by atomic mass is 9.78. The van der Waals surface area contributed by atoms with E-state index < -0.39 is 0 Å². The van der Waals surface area contributed by atoms with E-state index >= 15 is 0 Å². The van der Waals surface area contributed by atoms with Crippen LogP contribution in [-0.4, -0.2) is 22.0 Å². The van der Waals surface area contributed by atoms with Gasteiger partial charge in [-0.1, -0.05) is 30.9 Å². The third kappa shape index (κ3) is 2.86. The van der Waals surface area contributed by atoms with Crippen molar-refractivity contribution in [3.63, 3.8) is 0 Å². The second-order valence-corrected chi connectivity index (χ2v) is 5.76. The molecule has 1 unspecified atom stereocenters. The molecule has 1 aliphatic rings. The van der Waals surface area contributed by atoms with Gasteiger partial charge in [-0.05, 0) is 26.7 Å². The highest BCUT2D eigenvalue weighted by Gasteiger charge is 2.43. The Morgan fingerprint density at radius 2 is 2.15 bits per heavy atom. The standard InChI is InChI=1S/C14H25ClN4O/c1-3-19-12(11(15)10-17-19)13(18-16)14(20-4-2)8-6-5-7-9-14/h10,13,18H,3-9,16H2,1-2H3. The number of nitrogens with zero attached hydrogens (tertiary/aromatic N) is 2. The Hall–Kier alpha value is -0.620. The Labute approximate surface area is 125 Å². The fourth-order valence-corrected chi connectivity index (χ4v) is 3.60. The number of hydrazine groups is 1. The topological polar surface area (TPSA) is 65.1 Å². The molecule has 0 radical (unpaired) electrons. The average Bonchev–Trinajstić information content (AvgIpc) is 2.82. The molecule has 1 atom stereocenters. The highest BCUT2D eigenvalue weighted by molar-refractivity contribution is 6.31. The van der Waals surface area contributed by atoms with Gasteiger partial charge in [0.25, 0.3) is 0 Å². The smallest absolute Gasteiger partial charge is 0.0933 e. The quantitative estimate of drug-likeness (QED) is 0.626. The minimum absolute atomic E-state index is 0.127. The van der Waals surface area contributed by atoms with Gasteiger partial charge in [-0.25, -0.2) is 5.43 Å². The number of rotatable bonds is 6. The summed E-state index contributed by atoms with van der Waals surface area (Å²) in [6.07, 6.45) is 7.27. The second-order valence-electron chi connectivity index (χ2n) is 5.35. The zero-order chi connectivity index (χ0) is 14.6. The molecular weight excluding hydrogens is 276 g/mol. The summed E-state index contributed by atoms with van der Waals surface area (Å²) < 4.78 is 8.06. The number of hydrogen-bond donors (Lipinski definition) is 2. The minimum Gasteiger partial charge on any atom is -0.373 e. The van der Waals surface area contributed by atoms with E-state index in [1.165, 1.54) is 6.42 Å². The van der Waals surface area contributed by atoms with Gasteiger partial charge in [0.1, 0.15) is 0 Å².